The molecule has 1 saturated heterocycles. The molecule has 1 aliphatic rings. The molecule has 0 aromatic heterocycles. The van der Waals surface area contributed by atoms with Crippen LogP contribution in [0.1, 0.15) is 19.8 Å². The Morgan fingerprint density at radius 1 is 1.67 bits per heavy atom. The van der Waals surface area contributed by atoms with Crippen molar-refractivity contribution in [1.29, 1.82) is 0 Å². The van der Waals surface area contributed by atoms with Crippen LogP contribution in [0.15, 0.2) is 0 Å². The highest BCUT2D eigenvalue weighted by atomic mass is 16.3. The summed E-state index contributed by atoms with van der Waals surface area (Å²) in [6.45, 7) is 3.98. The summed E-state index contributed by atoms with van der Waals surface area (Å²) in [7, 11) is 1.87. The van der Waals surface area contributed by atoms with E-state index >= 15 is 0 Å². The number of rotatable bonds is 3. The number of piperidine rings is 1. The molecule has 1 heterocycles. The van der Waals surface area contributed by atoms with Crippen molar-refractivity contribution < 1.29 is 5.11 Å². The first-order valence-corrected chi connectivity index (χ1v) is 4.80. The Hall–Kier alpha value is -0.120. The zero-order valence-corrected chi connectivity index (χ0v) is 8.01. The van der Waals surface area contributed by atoms with Gasteiger partial charge in [-0.15, -0.1) is 0 Å². The van der Waals surface area contributed by atoms with E-state index in [4.69, 9.17) is 0 Å². The minimum Gasteiger partial charge on any atom is -0.390 e. The van der Waals surface area contributed by atoms with Crippen LogP contribution >= 0.6 is 0 Å². The zero-order chi connectivity index (χ0) is 8.97. The molecule has 3 nitrogen and oxygen atoms in total. The molecule has 3 heteroatoms. The lowest BCUT2D eigenvalue weighted by molar-refractivity contribution is 0.102. The second-order valence-corrected chi connectivity index (χ2v) is 3.82. The van der Waals surface area contributed by atoms with Crippen molar-refractivity contribution in [3.8, 4) is 0 Å². The molecule has 12 heavy (non-hydrogen) atoms. The monoisotopic (exact) mass is 172 g/mol. The van der Waals surface area contributed by atoms with Gasteiger partial charge < -0.3 is 15.7 Å². The summed E-state index contributed by atoms with van der Waals surface area (Å²) in [6.07, 6.45) is 2.10. The molecule has 1 rings (SSSR count). The second-order valence-electron chi connectivity index (χ2n) is 3.82. The molecule has 3 unspecified atom stereocenters. The van der Waals surface area contributed by atoms with Crippen LogP contribution in [0.2, 0.25) is 0 Å². The summed E-state index contributed by atoms with van der Waals surface area (Å²) in [5.41, 5.74) is 0. The molecule has 1 aliphatic heterocycles. The minimum absolute atomic E-state index is 0.238. The van der Waals surface area contributed by atoms with Crippen LogP contribution in [0.4, 0.5) is 0 Å². The third kappa shape index (κ3) is 2.73. The van der Waals surface area contributed by atoms with Crippen LogP contribution in [0, 0.1) is 5.92 Å². The Morgan fingerprint density at radius 3 is 3.00 bits per heavy atom. The standard InChI is InChI=1S/C9H20N2O/c1-7-3-4-11-8(5-7)9(12)6-10-2/h7-12H,3-6H2,1-2H3. The Labute approximate surface area is 74.5 Å². The maximum Gasteiger partial charge on any atom is 0.0817 e. The molecule has 0 spiro atoms. The molecule has 0 radical (unpaired) electrons. The van der Waals surface area contributed by atoms with E-state index < -0.39 is 0 Å². The average Bonchev–Trinajstić information content (AvgIpc) is 2.05. The van der Waals surface area contributed by atoms with E-state index in [1.807, 2.05) is 7.05 Å². The normalized spacial score (nSPS) is 33.2. The number of nitrogens with one attached hydrogen (secondary N) is 2. The Bertz CT molecular complexity index is 130. The lowest BCUT2D eigenvalue weighted by atomic mass is 9.91. The van der Waals surface area contributed by atoms with Gasteiger partial charge in [0.2, 0.25) is 0 Å². The molecule has 3 N–H and O–H groups in total. The summed E-state index contributed by atoms with van der Waals surface area (Å²) < 4.78 is 0. The maximum absolute atomic E-state index is 9.67. The van der Waals surface area contributed by atoms with Crippen molar-refractivity contribution in [2.24, 2.45) is 5.92 Å². The topological polar surface area (TPSA) is 44.3 Å². The SMILES string of the molecule is CNCC(O)C1CC(C)CCN1. The van der Waals surface area contributed by atoms with Crippen molar-refractivity contribution in [3.63, 3.8) is 0 Å². The minimum atomic E-state index is -0.238. The van der Waals surface area contributed by atoms with Crippen molar-refractivity contribution in [2.45, 2.75) is 31.9 Å². The van der Waals surface area contributed by atoms with E-state index in [0.29, 0.717) is 12.6 Å². The highest BCUT2D eigenvalue weighted by Gasteiger charge is 2.23. The second kappa shape index (κ2) is 4.80. The summed E-state index contributed by atoms with van der Waals surface area (Å²) >= 11 is 0. The zero-order valence-electron chi connectivity index (χ0n) is 8.01. The van der Waals surface area contributed by atoms with Crippen LogP contribution in [0.3, 0.4) is 0 Å². The van der Waals surface area contributed by atoms with E-state index in [1.165, 1.54) is 6.42 Å². The van der Waals surface area contributed by atoms with Gasteiger partial charge in [0.15, 0.2) is 0 Å². The number of hydrogen-bond donors (Lipinski definition) is 3. The Kier molecular flexibility index (Phi) is 3.98. The van der Waals surface area contributed by atoms with Crippen molar-refractivity contribution in [2.75, 3.05) is 20.1 Å². The summed E-state index contributed by atoms with van der Waals surface area (Å²) in [4.78, 5) is 0. The fraction of sp³-hybridized carbons (Fsp3) is 1.00. The van der Waals surface area contributed by atoms with Gasteiger partial charge in [0.05, 0.1) is 6.10 Å². The average molecular weight is 172 g/mol. The summed E-state index contributed by atoms with van der Waals surface area (Å²) in [5, 5.41) is 16.0. The quantitative estimate of drug-likeness (QED) is 0.559. The maximum atomic E-state index is 9.67. The van der Waals surface area contributed by atoms with Gasteiger partial charge >= 0.3 is 0 Å². The predicted molar refractivity (Wildman–Crippen MR) is 50.1 cm³/mol. The van der Waals surface area contributed by atoms with Crippen LogP contribution in [-0.4, -0.2) is 37.4 Å². The molecule has 0 aliphatic carbocycles. The molecule has 0 amide bonds. The Morgan fingerprint density at radius 2 is 2.42 bits per heavy atom. The third-order valence-corrected chi connectivity index (χ3v) is 2.58. The first-order valence-electron chi connectivity index (χ1n) is 4.80. The predicted octanol–water partition coefficient (Wildman–Crippen LogP) is -0.0452. The van der Waals surface area contributed by atoms with Crippen LogP contribution in [0.25, 0.3) is 0 Å². The molecule has 0 bridgehead atoms. The van der Waals surface area contributed by atoms with Crippen molar-refractivity contribution in [3.05, 3.63) is 0 Å². The van der Waals surface area contributed by atoms with Crippen LogP contribution < -0.4 is 10.6 Å². The largest absolute Gasteiger partial charge is 0.390 e. The van der Waals surface area contributed by atoms with Crippen molar-refractivity contribution in [1.82, 2.24) is 10.6 Å². The number of aliphatic hydroxyl groups is 1. The summed E-state index contributed by atoms with van der Waals surface area (Å²) in [6, 6.07) is 0.293. The number of hydrogen-bond acceptors (Lipinski definition) is 3. The fourth-order valence-electron chi connectivity index (χ4n) is 1.79. The molecular formula is C9H20N2O. The van der Waals surface area contributed by atoms with Crippen LogP contribution in [-0.2, 0) is 0 Å². The van der Waals surface area contributed by atoms with Crippen LogP contribution in [0.5, 0.6) is 0 Å². The van der Waals surface area contributed by atoms with Gasteiger partial charge in [0, 0.05) is 12.6 Å². The first-order chi connectivity index (χ1) is 5.74. The van der Waals surface area contributed by atoms with Gasteiger partial charge in [-0.1, -0.05) is 6.92 Å². The number of aliphatic hydroxyl groups excluding tert-OH is 1. The van der Waals surface area contributed by atoms with Gasteiger partial charge in [-0.2, -0.15) is 0 Å². The van der Waals surface area contributed by atoms with Gasteiger partial charge in [-0.05, 0) is 32.4 Å². The highest BCUT2D eigenvalue weighted by Crippen LogP contribution is 2.16. The fourth-order valence-corrected chi connectivity index (χ4v) is 1.79. The number of likely N-dealkylation sites (N-methyl/N-ethyl adjacent to an activating group) is 1. The van der Waals surface area contributed by atoms with Gasteiger partial charge in [-0.3, -0.25) is 0 Å². The lowest BCUT2D eigenvalue weighted by Crippen LogP contribution is -2.48. The van der Waals surface area contributed by atoms with Gasteiger partial charge in [0.25, 0.3) is 0 Å². The van der Waals surface area contributed by atoms with E-state index in [2.05, 4.69) is 17.6 Å². The molecule has 0 aromatic carbocycles. The molecule has 72 valence electrons. The molecular weight excluding hydrogens is 152 g/mol. The van der Waals surface area contributed by atoms with E-state index in [9.17, 15) is 5.11 Å². The highest BCUT2D eigenvalue weighted by molar-refractivity contribution is 4.82. The Balaban J connectivity index is 2.29. The molecule has 3 atom stereocenters. The van der Waals surface area contributed by atoms with E-state index in [1.54, 1.807) is 0 Å². The summed E-state index contributed by atoms with van der Waals surface area (Å²) in [5.74, 6) is 0.753. The molecule has 0 aromatic rings. The van der Waals surface area contributed by atoms with Gasteiger partial charge in [0.1, 0.15) is 0 Å². The molecule has 1 fully saturated rings. The van der Waals surface area contributed by atoms with Crippen molar-refractivity contribution >= 4 is 0 Å². The lowest BCUT2D eigenvalue weighted by Gasteiger charge is -2.31. The first kappa shape index (κ1) is 9.96. The smallest absolute Gasteiger partial charge is 0.0817 e. The van der Waals surface area contributed by atoms with Gasteiger partial charge in [-0.25, -0.2) is 0 Å². The van der Waals surface area contributed by atoms with E-state index in [-0.39, 0.29) is 6.10 Å². The van der Waals surface area contributed by atoms with E-state index in [0.717, 1.165) is 18.9 Å². The molecule has 0 saturated carbocycles. The third-order valence-electron chi connectivity index (χ3n) is 2.58.